The quantitative estimate of drug-likeness (QED) is 0.551. The van der Waals surface area contributed by atoms with E-state index in [-0.39, 0.29) is 48.5 Å². The summed E-state index contributed by atoms with van der Waals surface area (Å²) in [4.78, 5) is 13.0. The number of hydrogen-bond acceptors (Lipinski definition) is 6. The molecule has 138 valence electrons. The number of benzene rings is 1. The van der Waals surface area contributed by atoms with Gasteiger partial charge in [0.25, 0.3) is 0 Å². The van der Waals surface area contributed by atoms with E-state index in [0.29, 0.717) is 6.42 Å². The van der Waals surface area contributed by atoms with E-state index in [4.69, 9.17) is 4.74 Å². The van der Waals surface area contributed by atoms with Crippen LogP contribution in [0.5, 0.6) is 0 Å². The number of anilines is 1. The Kier molecular flexibility index (Phi) is 3.33. The minimum atomic E-state index is -0.567. The highest BCUT2D eigenvalue weighted by Crippen LogP contribution is 2.67. The number of methoxy groups -OCH3 is 1. The van der Waals surface area contributed by atoms with E-state index in [2.05, 4.69) is 11.4 Å². The van der Waals surface area contributed by atoms with Crippen molar-refractivity contribution in [2.45, 2.75) is 36.9 Å². The first kappa shape index (κ1) is 16.3. The number of ether oxygens (including phenoxy) is 1. The minimum Gasteiger partial charge on any atom is -0.469 e. The highest BCUT2D eigenvalue weighted by Gasteiger charge is 2.75. The number of hydroxylamine groups is 2. The second-order valence-electron chi connectivity index (χ2n) is 7.91. The van der Waals surface area contributed by atoms with Crippen LogP contribution in [0.15, 0.2) is 35.9 Å². The molecule has 4 fully saturated rings. The lowest BCUT2D eigenvalue weighted by atomic mass is 9.42. The maximum atomic E-state index is 13.0. The zero-order valence-corrected chi connectivity index (χ0v) is 14.9. The van der Waals surface area contributed by atoms with Gasteiger partial charge in [0, 0.05) is 23.6 Å². The number of aliphatic hydroxyl groups excluding tert-OH is 1. The van der Waals surface area contributed by atoms with Gasteiger partial charge in [-0.2, -0.15) is 5.06 Å². The van der Waals surface area contributed by atoms with E-state index in [1.54, 1.807) is 0 Å². The van der Waals surface area contributed by atoms with Crippen molar-refractivity contribution in [2.75, 3.05) is 19.0 Å². The summed E-state index contributed by atoms with van der Waals surface area (Å²) in [6.07, 6.45) is 2.72. The lowest BCUT2D eigenvalue weighted by molar-refractivity contribution is -0.257. The van der Waals surface area contributed by atoms with Gasteiger partial charge >= 0.3 is 5.97 Å². The number of hydrogen-bond donors (Lipinski definition) is 3. The third kappa shape index (κ3) is 1.57. The monoisotopic (exact) mass is 356 g/mol. The average Bonchev–Trinajstić information content (AvgIpc) is 3.00. The van der Waals surface area contributed by atoms with Gasteiger partial charge in [-0.3, -0.25) is 4.79 Å². The van der Waals surface area contributed by atoms with Crippen LogP contribution in [0.2, 0.25) is 0 Å². The topological polar surface area (TPSA) is 82.0 Å². The van der Waals surface area contributed by atoms with Gasteiger partial charge in [0.2, 0.25) is 0 Å². The molecule has 6 heteroatoms. The smallest absolute Gasteiger partial charge is 0.310 e. The van der Waals surface area contributed by atoms with Crippen molar-refractivity contribution in [2.24, 2.45) is 17.8 Å². The first-order valence-corrected chi connectivity index (χ1v) is 9.29. The lowest BCUT2D eigenvalue weighted by Gasteiger charge is -2.68. The first-order chi connectivity index (χ1) is 12.6. The van der Waals surface area contributed by atoms with Crippen LogP contribution in [0.4, 0.5) is 5.69 Å². The molecule has 6 nitrogen and oxygen atoms in total. The van der Waals surface area contributed by atoms with Crippen LogP contribution in [0.3, 0.4) is 0 Å². The zero-order valence-electron chi connectivity index (χ0n) is 14.9. The molecule has 3 unspecified atom stereocenters. The van der Waals surface area contributed by atoms with E-state index in [1.807, 2.05) is 31.2 Å². The molecule has 3 heterocycles. The summed E-state index contributed by atoms with van der Waals surface area (Å²) >= 11 is 0. The predicted octanol–water partition coefficient (Wildman–Crippen LogP) is 1.54. The second-order valence-corrected chi connectivity index (χ2v) is 7.91. The molecule has 1 aromatic carbocycles. The van der Waals surface area contributed by atoms with Crippen molar-refractivity contribution >= 4 is 11.7 Å². The number of fused-ring (bicyclic) bond motifs is 1. The Bertz CT molecular complexity index is 809. The average molecular weight is 356 g/mol. The number of rotatable bonds is 2. The fourth-order valence-electron chi connectivity index (χ4n) is 6.71. The van der Waals surface area contributed by atoms with Crippen molar-refractivity contribution in [3.63, 3.8) is 0 Å². The van der Waals surface area contributed by atoms with Gasteiger partial charge in [0.15, 0.2) is 0 Å². The molecule has 3 aliphatic heterocycles. The van der Waals surface area contributed by atoms with Crippen LogP contribution in [-0.2, 0) is 14.9 Å². The molecule has 0 amide bonds. The molecular weight excluding hydrogens is 332 g/mol. The maximum Gasteiger partial charge on any atom is 0.310 e. The van der Waals surface area contributed by atoms with Crippen molar-refractivity contribution in [1.82, 2.24) is 5.06 Å². The number of carbonyl (C=O) groups excluding carboxylic acids is 1. The molecular formula is C20H24N2O4. The Balaban J connectivity index is 1.82. The Hall–Kier alpha value is -1.89. The number of para-hydroxylation sites is 1. The van der Waals surface area contributed by atoms with Gasteiger partial charge in [0.1, 0.15) is 0 Å². The van der Waals surface area contributed by atoms with Gasteiger partial charge in [-0.05, 0) is 30.9 Å². The summed E-state index contributed by atoms with van der Waals surface area (Å²) in [5.74, 6) is -0.840. The Morgan fingerprint density at radius 3 is 2.92 bits per heavy atom. The summed E-state index contributed by atoms with van der Waals surface area (Å²) in [7, 11) is 1.44. The molecule has 7 atom stereocenters. The van der Waals surface area contributed by atoms with Crippen molar-refractivity contribution < 1.29 is 19.8 Å². The van der Waals surface area contributed by atoms with E-state index in [1.165, 1.54) is 12.2 Å². The summed E-state index contributed by atoms with van der Waals surface area (Å²) in [6.45, 7) is 1.85. The van der Waals surface area contributed by atoms with Gasteiger partial charge in [-0.25, -0.2) is 0 Å². The molecule has 5 aliphatic rings. The van der Waals surface area contributed by atoms with Gasteiger partial charge < -0.3 is 20.4 Å². The maximum absolute atomic E-state index is 13.0. The van der Waals surface area contributed by atoms with E-state index >= 15 is 0 Å². The minimum absolute atomic E-state index is 0.0258. The molecule has 1 aromatic rings. The highest BCUT2D eigenvalue weighted by atomic mass is 16.5. The fourth-order valence-corrected chi connectivity index (χ4v) is 6.71. The van der Waals surface area contributed by atoms with Gasteiger partial charge in [-0.1, -0.05) is 29.8 Å². The Morgan fingerprint density at radius 2 is 2.23 bits per heavy atom. The predicted molar refractivity (Wildman–Crippen MR) is 94.7 cm³/mol. The molecule has 26 heavy (non-hydrogen) atoms. The van der Waals surface area contributed by atoms with Gasteiger partial charge in [0.05, 0.1) is 31.2 Å². The Labute approximate surface area is 152 Å². The highest BCUT2D eigenvalue weighted by molar-refractivity contribution is 5.81. The number of allylic oxidation sites excluding steroid dienone is 1. The molecule has 0 radical (unpaired) electrons. The molecule has 4 bridgehead atoms. The lowest BCUT2D eigenvalue weighted by Crippen LogP contribution is -2.79. The van der Waals surface area contributed by atoms with Crippen LogP contribution < -0.4 is 5.32 Å². The second kappa shape index (κ2) is 5.31. The molecule has 0 aromatic heterocycles. The molecule has 2 saturated heterocycles. The van der Waals surface area contributed by atoms with Gasteiger partial charge in [-0.15, -0.1) is 0 Å². The van der Waals surface area contributed by atoms with Crippen LogP contribution in [0, 0.1) is 17.8 Å². The summed E-state index contributed by atoms with van der Waals surface area (Å²) in [6, 6.07) is 7.55. The van der Waals surface area contributed by atoms with Crippen LogP contribution in [0.1, 0.15) is 18.9 Å². The summed E-state index contributed by atoms with van der Waals surface area (Å²) in [5.41, 5.74) is 2.55. The molecule has 1 spiro atoms. The first-order valence-electron chi connectivity index (χ1n) is 9.29. The van der Waals surface area contributed by atoms with Crippen LogP contribution in [-0.4, -0.2) is 53.2 Å². The zero-order chi connectivity index (χ0) is 18.2. The molecule has 2 saturated carbocycles. The van der Waals surface area contributed by atoms with Crippen LogP contribution in [0.25, 0.3) is 0 Å². The van der Waals surface area contributed by atoms with Crippen molar-refractivity contribution in [1.29, 1.82) is 0 Å². The van der Waals surface area contributed by atoms with E-state index in [9.17, 15) is 15.1 Å². The van der Waals surface area contributed by atoms with E-state index in [0.717, 1.165) is 16.8 Å². The summed E-state index contributed by atoms with van der Waals surface area (Å²) in [5, 5.41) is 26.4. The fraction of sp³-hybridized carbons (Fsp3) is 0.550. The molecule has 3 N–H and O–H groups in total. The number of nitrogens with one attached hydrogen (secondary N) is 1. The molecule has 2 aliphatic carbocycles. The number of piperidine rings is 2. The standard InChI is InChI=1S/C20H24N2O4/c1-3-10-11-8-15-18-20(16(11)19(24)26-2,13(9-23)17(10)22(15)25)12-6-4-5-7-14(12)21-18/h3-7,11,13,15-18,21,23,25H,8-9H2,1-2H3/b10-3+/t11-,13+,15-,16?,17?,18?,20+/m0/s1. The normalized spacial score (nSPS) is 43.9. The van der Waals surface area contributed by atoms with Crippen molar-refractivity contribution in [3.05, 3.63) is 41.5 Å². The molecule has 6 rings (SSSR count). The third-order valence-electron chi connectivity index (χ3n) is 7.39. The number of esters is 1. The van der Waals surface area contributed by atoms with Crippen molar-refractivity contribution in [3.8, 4) is 0 Å². The van der Waals surface area contributed by atoms with E-state index < -0.39 is 5.41 Å². The largest absolute Gasteiger partial charge is 0.469 e. The third-order valence-corrected chi connectivity index (χ3v) is 7.39. The Morgan fingerprint density at radius 1 is 1.46 bits per heavy atom. The SMILES string of the molecule is C/C=C1/C2[C@@H](CO)[C@@]34c5ccccc5NC3[C@H](C[C@@H]1C4C(=O)OC)N2O. The van der Waals surface area contributed by atoms with Crippen LogP contribution >= 0.6 is 0 Å². The number of carbonyl (C=O) groups is 1. The number of nitrogens with zero attached hydrogens (tertiary/aromatic N) is 1. The summed E-state index contributed by atoms with van der Waals surface area (Å²) < 4.78 is 5.25. The number of aliphatic hydroxyl groups is 1.